The van der Waals surface area contributed by atoms with Crippen LogP contribution in [0.3, 0.4) is 0 Å². The molecule has 1 unspecified atom stereocenters. The first-order valence-electron chi connectivity index (χ1n) is 10.8. The molecule has 2 aromatic carbocycles. The highest BCUT2D eigenvalue weighted by Gasteiger charge is 2.40. The number of nitrogens with zero attached hydrogens (tertiary/aromatic N) is 3. The molecular weight excluding hydrogens is 424 g/mol. The lowest BCUT2D eigenvalue weighted by Gasteiger charge is -2.23. The van der Waals surface area contributed by atoms with Crippen molar-refractivity contribution >= 4 is 17.8 Å². The van der Waals surface area contributed by atoms with Crippen molar-refractivity contribution in [1.29, 1.82) is 0 Å². The molecule has 2 aliphatic heterocycles. The Morgan fingerprint density at radius 2 is 1.88 bits per heavy atom. The number of rotatable bonds is 6. The highest BCUT2D eigenvalue weighted by Crippen LogP contribution is 2.30. The summed E-state index contributed by atoms with van der Waals surface area (Å²) < 4.78 is 15.8. The van der Waals surface area contributed by atoms with Gasteiger partial charge in [0.25, 0.3) is 0 Å². The van der Waals surface area contributed by atoms with Crippen molar-refractivity contribution in [3.63, 3.8) is 0 Å². The van der Waals surface area contributed by atoms with E-state index in [-0.39, 0.29) is 30.8 Å². The smallest absolute Gasteiger partial charge is 0.410 e. The van der Waals surface area contributed by atoms with Crippen molar-refractivity contribution < 1.29 is 23.8 Å². The number of nitrogens with one attached hydrogen (secondary N) is 1. The summed E-state index contributed by atoms with van der Waals surface area (Å²) in [7, 11) is 3.15. The Balaban J connectivity index is 1.54. The zero-order chi connectivity index (χ0) is 23.5. The quantitative estimate of drug-likeness (QED) is 0.726. The summed E-state index contributed by atoms with van der Waals surface area (Å²) in [6.45, 7) is 4.94. The molecule has 2 heterocycles. The van der Waals surface area contributed by atoms with Gasteiger partial charge >= 0.3 is 12.1 Å². The Hall–Kier alpha value is -3.75. The van der Waals surface area contributed by atoms with E-state index in [1.807, 2.05) is 50.2 Å². The molecule has 2 atom stereocenters. The minimum atomic E-state index is -0.388. The molecule has 33 heavy (non-hydrogen) atoms. The van der Waals surface area contributed by atoms with Crippen molar-refractivity contribution in [3.8, 4) is 11.5 Å². The second-order valence-electron chi connectivity index (χ2n) is 8.04. The van der Waals surface area contributed by atoms with E-state index in [0.717, 1.165) is 16.7 Å². The summed E-state index contributed by atoms with van der Waals surface area (Å²) >= 11 is 0. The molecule has 9 heteroatoms. The first-order valence-corrected chi connectivity index (χ1v) is 10.8. The Bertz CT molecular complexity index is 1070. The molecule has 9 nitrogen and oxygen atoms in total. The number of methoxy groups -OCH3 is 2. The molecule has 1 fully saturated rings. The predicted molar refractivity (Wildman–Crippen MR) is 123 cm³/mol. The molecule has 0 bridgehead atoms. The molecule has 174 valence electrons. The van der Waals surface area contributed by atoms with E-state index in [1.165, 1.54) is 5.01 Å². The fourth-order valence-corrected chi connectivity index (χ4v) is 3.99. The van der Waals surface area contributed by atoms with Crippen LogP contribution in [0.5, 0.6) is 11.5 Å². The molecule has 1 N–H and O–H groups in total. The highest BCUT2D eigenvalue weighted by atomic mass is 16.6. The zero-order valence-corrected chi connectivity index (χ0v) is 19.2. The number of benzene rings is 2. The maximum Gasteiger partial charge on any atom is 0.410 e. The summed E-state index contributed by atoms with van der Waals surface area (Å²) in [5.41, 5.74) is 3.52. The van der Waals surface area contributed by atoms with Crippen LogP contribution in [-0.4, -0.2) is 67.7 Å². The lowest BCUT2D eigenvalue weighted by molar-refractivity contribution is 0.150. The van der Waals surface area contributed by atoms with Crippen LogP contribution in [-0.2, 0) is 4.74 Å². The molecule has 2 aliphatic rings. The number of carbonyl (C=O) groups is 2. The average Bonchev–Trinajstić information content (AvgIpc) is 3.45. The van der Waals surface area contributed by atoms with E-state index in [9.17, 15) is 9.59 Å². The van der Waals surface area contributed by atoms with Gasteiger partial charge < -0.3 is 19.5 Å². The lowest BCUT2D eigenvalue weighted by atomic mass is 10.0. The van der Waals surface area contributed by atoms with Gasteiger partial charge in [-0.3, -0.25) is 4.90 Å². The molecule has 1 saturated heterocycles. The van der Waals surface area contributed by atoms with Crippen LogP contribution >= 0.6 is 0 Å². The van der Waals surface area contributed by atoms with Crippen LogP contribution in [0.4, 0.5) is 9.59 Å². The molecule has 0 aromatic heterocycles. The molecule has 0 radical (unpaired) electrons. The van der Waals surface area contributed by atoms with Gasteiger partial charge in [0, 0.05) is 0 Å². The third-order valence-electron chi connectivity index (χ3n) is 5.89. The van der Waals surface area contributed by atoms with Gasteiger partial charge in [0.05, 0.1) is 45.1 Å². The van der Waals surface area contributed by atoms with Crippen molar-refractivity contribution in [2.24, 2.45) is 5.10 Å². The van der Waals surface area contributed by atoms with Gasteiger partial charge in [-0.25, -0.2) is 14.6 Å². The monoisotopic (exact) mass is 452 g/mol. The van der Waals surface area contributed by atoms with E-state index in [2.05, 4.69) is 10.4 Å². The Morgan fingerprint density at radius 3 is 2.52 bits per heavy atom. The number of carbonyl (C=O) groups excluding carboxylic acids is 2. The Kier molecular flexibility index (Phi) is 6.39. The number of hydrazone groups is 1. The molecular formula is C24H28N4O5. The third-order valence-corrected chi connectivity index (χ3v) is 5.89. The van der Waals surface area contributed by atoms with Crippen molar-refractivity contribution in [2.75, 3.05) is 33.9 Å². The van der Waals surface area contributed by atoms with Crippen molar-refractivity contribution in [1.82, 2.24) is 15.2 Å². The van der Waals surface area contributed by atoms with Gasteiger partial charge in [-0.15, -0.1) is 0 Å². The van der Waals surface area contributed by atoms with Crippen LogP contribution < -0.4 is 14.8 Å². The number of ether oxygens (including phenoxy) is 3. The van der Waals surface area contributed by atoms with Gasteiger partial charge in [0.1, 0.15) is 6.61 Å². The standard InChI is InChI=1S/C24H28N4O5/c1-15-5-7-17(8-6-15)22-19(27-11-12-33-24(27)30)14-28(26-22)23(29)25-16(2)18-9-10-20(31-3)21(13-18)32-4/h5-10,13,16,19H,11-12,14H2,1-4H3,(H,25,29)/t16?,19-/m1/s1. The second kappa shape index (κ2) is 9.40. The SMILES string of the molecule is COc1ccc(C(C)NC(=O)N2C[C@@H](N3CCOC3=O)C(c3ccc(C)cc3)=N2)cc1OC. The number of aryl methyl sites for hydroxylation is 1. The normalized spacial score (nSPS) is 18.6. The van der Waals surface area contributed by atoms with E-state index in [1.54, 1.807) is 25.2 Å². The first kappa shape index (κ1) is 22.4. The zero-order valence-electron chi connectivity index (χ0n) is 19.2. The van der Waals surface area contributed by atoms with Crippen LogP contribution in [0.2, 0.25) is 0 Å². The summed E-state index contributed by atoms with van der Waals surface area (Å²) in [5.74, 6) is 1.21. The largest absolute Gasteiger partial charge is 0.493 e. The van der Waals surface area contributed by atoms with Crippen molar-refractivity contribution in [2.45, 2.75) is 25.9 Å². The topological polar surface area (TPSA) is 92.7 Å². The molecule has 0 aliphatic carbocycles. The number of urea groups is 1. The number of hydrogen-bond acceptors (Lipinski definition) is 6. The predicted octanol–water partition coefficient (Wildman–Crippen LogP) is 3.32. The first-order chi connectivity index (χ1) is 15.9. The molecule has 2 aromatic rings. The van der Waals surface area contributed by atoms with E-state index in [0.29, 0.717) is 30.4 Å². The molecule has 0 spiro atoms. The summed E-state index contributed by atoms with van der Waals surface area (Å²) in [5, 5.41) is 8.96. The van der Waals surface area contributed by atoms with E-state index in [4.69, 9.17) is 14.2 Å². The third kappa shape index (κ3) is 4.57. The maximum atomic E-state index is 13.1. The lowest BCUT2D eigenvalue weighted by Crippen LogP contribution is -2.46. The number of cyclic esters (lactones) is 1. The van der Waals surface area contributed by atoms with Gasteiger partial charge in [0.2, 0.25) is 0 Å². The minimum absolute atomic E-state index is 0.253. The fraction of sp³-hybridized carbons (Fsp3) is 0.375. The summed E-state index contributed by atoms with van der Waals surface area (Å²) in [6, 6.07) is 12.4. The minimum Gasteiger partial charge on any atom is -0.493 e. The molecule has 0 saturated carbocycles. The van der Waals surface area contributed by atoms with Crippen LogP contribution in [0.15, 0.2) is 47.6 Å². The van der Waals surface area contributed by atoms with Crippen LogP contribution in [0.1, 0.15) is 29.7 Å². The van der Waals surface area contributed by atoms with E-state index < -0.39 is 0 Å². The van der Waals surface area contributed by atoms with Gasteiger partial charge in [0.15, 0.2) is 11.5 Å². The number of hydrogen-bond donors (Lipinski definition) is 1. The summed E-state index contributed by atoms with van der Waals surface area (Å²) in [6.07, 6.45) is -0.388. The van der Waals surface area contributed by atoms with Crippen LogP contribution in [0, 0.1) is 6.92 Å². The molecule has 3 amide bonds. The van der Waals surface area contributed by atoms with E-state index >= 15 is 0 Å². The number of amides is 3. The Labute approximate surface area is 192 Å². The highest BCUT2D eigenvalue weighted by molar-refractivity contribution is 6.07. The van der Waals surface area contributed by atoms with Crippen molar-refractivity contribution in [3.05, 3.63) is 59.2 Å². The van der Waals surface area contributed by atoms with Gasteiger partial charge in [-0.2, -0.15) is 5.10 Å². The summed E-state index contributed by atoms with van der Waals surface area (Å²) in [4.78, 5) is 27.0. The van der Waals surface area contributed by atoms with Crippen LogP contribution in [0.25, 0.3) is 0 Å². The van der Waals surface area contributed by atoms with Gasteiger partial charge in [-0.05, 0) is 37.1 Å². The maximum absolute atomic E-state index is 13.1. The average molecular weight is 453 g/mol. The van der Waals surface area contributed by atoms with Gasteiger partial charge in [-0.1, -0.05) is 35.9 Å². The second-order valence-corrected chi connectivity index (χ2v) is 8.04. The Morgan fingerprint density at radius 1 is 1.15 bits per heavy atom. The fourth-order valence-electron chi connectivity index (χ4n) is 3.99. The molecule has 4 rings (SSSR count).